The SMILES string of the molecule is CN(CC(=O)O)C1CCCN(C(=O)c2cc(-c3cccs3)on2)CC1. The van der Waals surface area contributed by atoms with Gasteiger partial charge in [0.15, 0.2) is 11.5 Å². The van der Waals surface area contributed by atoms with E-state index in [0.717, 1.165) is 24.1 Å². The Bertz CT molecular complexity index is 728. The number of carboxylic acids is 1. The molecule has 2 aromatic heterocycles. The average Bonchev–Trinajstić information content (AvgIpc) is 3.20. The van der Waals surface area contributed by atoms with Gasteiger partial charge >= 0.3 is 5.97 Å². The van der Waals surface area contributed by atoms with Crippen LogP contribution in [0.4, 0.5) is 0 Å². The number of carbonyl (C=O) groups excluding carboxylic acids is 1. The predicted molar refractivity (Wildman–Crippen MR) is 93.6 cm³/mol. The van der Waals surface area contributed by atoms with E-state index in [1.807, 2.05) is 29.5 Å². The maximum Gasteiger partial charge on any atom is 0.317 e. The number of carbonyl (C=O) groups is 2. The largest absolute Gasteiger partial charge is 0.480 e. The van der Waals surface area contributed by atoms with Crippen LogP contribution in [0.5, 0.6) is 0 Å². The second kappa shape index (κ2) is 7.79. The summed E-state index contributed by atoms with van der Waals surface area (Å²) in [5.41, 5.74) is 0.320. The molecule has 3 rings (SSSR count). The highest BCUT2D eigenvalue weighted by atomic mass is 32.1. The maximum atomic E-state index is 12.7. The van der Waals surface area contributed by atoms with Gasteiger partial charge in [0.2, 0.25) is 0 Å². The topological polar surface area (TPSA) is 86.9 Å². The maximum absolute atomic E-state index is 12.7. The van der Waals surface area contributed by atoms with E-state index in [9.17, 15) is 9.59 Å². The summed E-state index contributed by atoms with van der Waals surface area (Å²) < 4.78 is 5.29. The van der Waals surface area contributed by atoms with Crippen molar-refractivity contribution >= 4 is 23.2 Å². The van der Waals surface area contributed by atoms with Crippen LogP contribution in [0.2, 0.25) is 0 Å². The number of hydrogen-bond donors (Lipinski definition) is 1. The van der Waals surface area contributed by atoms with Gasteiger partial charge in [0.1, 0.15) is 0 Å². The Kier molecular flexibility index (Phi) is 5.50. The molecule has 7 nitrogen and oxygen atoms in total. The van der Waals surface area contributed by atoms with E-state index < -0.39 is 5.97 Å². The third-order valence-corrected chi connectivity index (χ3v) is 5.37. The zero-order valence-corrected chi connectivity index (χ0v) is 14.9. The Balaban J connectivity index is 1.62. The number of hydrogen-bond acceptors (Lipinski definition) is 6. The minimum atomic E-state index is -0.830. The lowest BCUT2D eigenvalue weighted by Gasteiger charge is -2.25. The molecule has 3 heterocycles. The van der Waals surface area contributed by atoms with Crippen molar-refractivity contribution in [3.05, 3.63) is 29.3 Å². The van der Waals surface area contributed by atoms with Gasteiger partial charge in [-0.25, -0.2) is 0 Å². The fraction of sp³-hybridized carbons (Fsp3) is 0.471. The molecule has 1 N–H and O–H groups in total. The molecule has 0 spiro atoms. The summed E-state index contributed by atoms with van der Waals surface area (Å²) in [7, 11) is 1.82. The van der Waals surface area contributed by atoms with E-state index in [0.29, 0.717) is 24.5 Å². The zero-order chi connectivity index (χ0) is 17.8. The molecule has 25 heavy (non-hydrogen) atoms. The summed E-state index contributed by atoms with van der Waals surface area (Å²) in [4.78, 5) is 28.1. The summed E-state index contributed by atoms with van der Waals surface area (Å²) in [5, 5.41) is 14.8. The monoisotopic (exact) mass is 363 g/mol. The van der Waals surface area contributed by atoms with Crippen LogP contribution in [0.1, 0.15) is 29.8 Å². The molecular weight excluding hydrogens is 342 g/mol. The molecule has 8 heteroatoms. The molecule has 1 unspecified atom stereocenters. The summed E-state index contributed by atoms with van der Waals surface area (Å²) in [6, 6.07) is 5.71. The normalized spacial score (nSPS) is 18.3. The Labute approximate surface area is 149 Å². The van der Waals surface area contributed by atoms with Gasteiger partial charge in [-0.15, -0.1) is 11.3 Å². The highest BCUT2D eigenvalue weighted by Gasteiger charge is 2.26. The Morgan fingerprint density at radius 3 is 3.00 bits per heavy atom. The molecule has 2 aromatic rings. The summed E-state index contributed by atoms with van der Waals surface area (Å²) >= 11 is 1.54. The summed E-state index contributed by atoms with van der Waals surface area (Å²) in [5.74, 6) is -0.358. The lowest BCUT2D eigenvalue weighted by atomic mass is 10.1. The average molecular weight is 363 g/mol. The van der Waals surface area contributed by atoms with Crippen molar-refractivity contribution in [2.45, 2.75) is 25.3 Å². The zero-order valence-electron chi connectivity index (χ0n) is 14.1. The lowest BCUT2D eigenvalue weighted by Crippen LogP contribution is -2.37. The Hall–Kier alpha value is -2.19. The third-order valence-electron chi connectivity index (χ3n) is 4.49. The number of nitrogens with zero attached hydrogens (tertiary/aromatic N) is 3. The van der Waals surface area contributed by atoms with Crippen molar-refractivity contribution in [3.63, 3.8) is 0 Å². The van der Waals surface area contributed by atoms with Gasteiger partial charge < -0.3 is 14.5 Å². The van der Waals surface area contributed by atoms with Crippen LogP contribution < -0.4 is 0 Å². The van der Waals surface area contributed by atoms with Gasteiger partial charge in [0, 0.05) is 25.2 Å². The van der Waals surface area contributed by atoms with Crippen molar-refractivity contribution in [2.75, 3.05) is 26.7 Å². The van der Waals surface area contributed by atoms with Gasteiger partial charge in [-0.1, -0.05) is 11.2 Å². The molecule has 0 bridgehead atoms. The lowest BCUT2D eigenvalue weighted by molar-refractivity contribution is -0.138. The molecule has 1 fully saturated rings. The predicted octanol–water partition coefficient (Wildman–Crippen LogP) is 2.41. The first-order valence-electron chi connectivity index (χ1n) is 8.26. The molecule has 0 radical (unpaired) electrons. The second-order valence-electron chi connectivity index (χ2n) is 6.24. The smallest absolute Gasteiger partial charge is 0.317 e. The molecule has 134 valence electrons. The van der Waals surface area contributed by atoms with Crippen molar-refractivity contribution in [2.24, 2.45) is 0 Å². The first kappa shape index (κ1) is 17.6. The minimum Gasteiger partial charge on any atom is -0.480 e. The molecule has 0 aromatic carbocycles. The molecule has 0 aliphatic carbocycles. The van der Waals surface area contributed by atoms with Crippen LogP contribution in [0.15, 0.2) is 28.1 Å². The van der Waals surface area contributed by atoms with Crippen LogP contribution in [0, 0.1) is 0 Å². The van der Waals surface area contributed by atoms with Crippen LogP contribution in [-0.2, 0) is 4.79 Å². The standard InChI is InChI=1S/C17H21N3O4S/c1-19(11-16(21)22)12-4-2-7-20(8-6-12)17(23)13-10-14(24-18-13)15-5-3-9-25-15/h3,5,9-10,12H,2,4,6-8,11H2,1H3,(H,21,22). The molecule has 1 aliphatic heterocycles. The van der Waals surface area contributed by atoms with Crippen molar-refractivity contribution in [1.29, 1.82) is 0 Å². The number of amides is 1. The van der Waals surface area contributed by atoms with E-state index >= 15 is 0 Å². The molecule has 1 amide bonds. The van der Waals surface area contributed by atoms with Crippen LogP contribution >= 0.6 is 11.3 Å². The van der Waals surface area contributed by atoms with Crippen LogP contribution in [0.3, 0.4) is 0 Å². The molecule has 1 saturated heterocycles. The number of rotatable bonds is 5. The number of carboxylic acid groups (broad SMARTS) is 1. The van der Waals surface area contributed by atoms with Gasteiger partial charge in [-0.3, -0.25) is 14.5 Å². The van der Waals surface area contributed by atoms with Crippen LogP contribution in [0.25, 0.3) is 10.6 Å². The third kappa shape index (κ3) is 4.26. The van der Waals surface area contributed by atoms with Crippen LogP contribution in [-0.4, -0.2) is 64.7 Å². The first-order valence-corrected chi connectivity index (χ1v) is 9.14. The van der Waals surface area contributed by atoms with Gasteiger partial charge in [-0.05, 0) is 37.8 Å². The fourth-order valence-electron chi connectivity index (χ4n) is 3.14. The van der Waals surface area contributed by atoms with E-state index in [1.165, 1.54) is 11.3 Å². The van der Waals surface area contributed by atoms with Crippen molar-refractivity contribution < 1.29 is 19.2 Å². The number of aromatic nitrogens is 1. The Morgan fingerprint density at radius 1 is 1.44 bits per heavy atom. The quantitative estimate of drug-likeness (QED) is 0.878. The first-order chi connectivity index (χ1) is 12.0. The Morgan fingerprint density at radius 2 is 2.28 bits per heavy atom. The van der Waals surface area contributed by atoms with E-state index in [-0.39, 0.29) is 18.5 Å². The fourth-order valence-corrected chi connectivity index (χ4v) is 3.81. The van der Waals surface area contributed by atoms with E-state index in [1.54, 1.807) is 11.0 Å². The molecule has 1 atom stereocenters. The minimum absolute atomic E-state index is 0.0199. The number of likely N-dealkylation sites (tertiary alicyclic amines) is 1. The summed E-state index contributed by atoms with van der Waals surface area (Å²) in [6.07, 6.45) is 2.48. The highest BCUT2D eigenvalue weighted by Crippen LogP contribution is 2.26. The van der Waals surface area contributed by atoms with Gasteiger partial charge in [-0.2, -0.15) is 0 Å². The number of likely N-dealkylation sites (N-methyl/N-ethyl adjacent to an activating group) is 1. The molecule has 1 aliphatic rings. The molecule has 0 saturated carbocycles. The number of aliphatic carboxylic acids is 1. The highest BCUT2D eigenvalue weighted by molar-refractivity contribution is 7.13. The number of thiophene rings is 1. The van der Waals surface area contributed by atoms with Gasteiger partial charge in [0.05, 0.1) is 11.4 Å². The molecular formula is C17H21N3O4S. The van der Waals surface area contributed by atoms with Crippen molar-refractivity contribution in [1.82, 2.24) is 15.0 Å². The van der Waals surface area contributed by atoms with Crippen molar-refractivity contribution in [3.8, 4) is 10.6 Å². The second-order valence-corrected chi connectivity index (χ2v) is 7.19. The van der Waals surface area contributed by atoms with E-state index in [4.69, 9.17) is 9.63 Å². The van der Waals surface area contributed by atoms with Gasteiger partial charge in [0.25, 0.3) is 5.91 Å². The summed E-state index contributed by atoms with van der Waals surface area (Å²) in [6.45, 7) is 1.26. The van der Waals surface area contributed by atoms with E-state index in [2.05, 4.69) is 5.16 Å².